The highest BCUT2D eigenvalue weighted by Crippen LogP contribution is 2.44. The van der Waals surface area contributed by atoms with Gasteiger partial charge in [0.25, 0.3) is 0 Å². The van der Waals surface area contributed by atoms with Crippen molar-refractivity contribution in [3.8, 4) is 0 Å². The number of cyclic esters (lactones) is 1. The summed E-state index contributed by atoms with van der Waals surface area (Å²) in [5, 5.41) is 20.2. The summed E-state index contributed by atoms with van der Waals surface area (Å²) in [5.41, 5.74) is 1.02. The molecule has 2 N–H and O–H groups in total. The number of hydrogen-bond acceptors (Lipinski definition) is 6. The Morgan fingerprint density at radius 2 is 2.07 bits per heavy atom. The molecule has 0 unspecified atom stereocenters. The lowest BCUT2D eigenvalue weighted by atomic mass is 9.66. The molecule has 3 aliphatic rings. The van der Waals surface area contributed by atoms with Crippen molar-refractivity contribution >= 4 is 11.9 Å². The molecular weight excluding hydrogens is 372 g/mol. The fraction of sp³-hybridized carbons (Fsp3) is 0.739. The number of rotatable bonds is 6. The molecule has 0 aromatic heterocycles. The Labute approximate surface area is 173 Å². The molecule has 8 atom stereocenters. The molecule has 2 aliphatic carbocycles. The van der Waals surface area contributed by atoms with Gasteiger partial charge in [-0.05, 0) is 36.7 Å². The van der Waals surface area contributed by atoms with E-state index in [4.69, 9.17) is 9.47 Å². The average Bonchev–Trinajstić information content (AvgIpc) is 2.65. The molecule has 1 fully saturated rings. The quantitative estimate of drug-likeness (QED) is 0.659. The molecule has 162 valence electrons. The minimum Gasteiger partial charge on any atom is -0.462 e. The van der Waals surface area contributed by atoms with Crippen LogP contribution in [-0.2, 0) is 19.1 Å². The van der Waals surface area contributed by atoms with Crippen LogP contribution < -0.4 is 0 Å². The summed E-state index contributed by atoms with van der Waals surface area (Å²) in [5.74, 6) is -0.203. The summed E-state index contributed by atoms with van der Waals surface area (Å²) in [6, 6.07) is 0. The number of carbonyl (C=O) groups excluding carboxylic acids is 2. The molecular formula is C23H34O6. The molecule has 6 nitrogen and oxygen atoms in total. The molecule has 1 saturated heterocycles. The van der Waals surface area contributed by atoms with E-state index >= 15 is 0 Å². The fourth-order valence-corrected chi connectivity index (χ4v) is 4.84. The predicted octanol–water partition coefficient (Wildman–Crippen LogP) is 2.92. The van der Waals surface area contributed by atoms with Crippen LogP contribution in [0.3, 0.4) is 0 Å². The van der Waals surface area contributed by atoms with Crippen LogP contribution in [0.4, 0.5) is 0 Å². The summed E-state index contributed by atoms with van der Waals surface area (Å²) in [4.78, 5) is 24.1. The molecule has 0 aromatic carbocycles. The van der Waals surface area contributed by atoms with Crippen LogP contribution in [-0.4, -0.2) is 46.6 Å². The predicted molar refractivity (Wildman–Crippen MR) is 108 cm³/mol. The van der Waals surface area contributed by atoms with Gasteiger partial charge in [-0.15, -0.1) is 0 Å². The second kappa shape index (κ2) is 9.43. The highest BCUT2D eigenvalue weighted by molar-refractivity contribution is 5.72. The van der Waals surface area contributed by atoms with Crippen LogP contribution in [0.1, 0.15) is 59.3 Å². The number of aliphatic hydroxyl groups is 2. The van der Waals surface area contributed by atoms with E-state index in [-0.39, 0.29) is 54.2 Å². The maximum absolute atomic E-state index is 12.5. The normalized spacial score (nSPS) is 37.9. The van der Waals surface area contributed by atoms with E-state index in [1.807, 2.05) is 26.0 Å². The molecule has 1 aliphatic heterocycles. The van der Waals surface area contributed by atoms with Crippen molar-refractivity contribution in [3.05, 3.63) is 23.8 Å². The van der Waals surface area contributed by atoms with Crippen molar-refractivity contribution < 1.29 is 29.3 Å². The van der Waals surface area contributed by atoms with E-state index in [2.05, 4.69) is 13.0 Å². The van der Waals surface area contributed by atoms with Gasteiger partial charge in [0.2, 0.25) is 0 Å². The van der Waals surface area contributed by atoms with E-state index in [1.54, 1.807) is 0 Å². The Hall–Kier alpha value is -1.66. The van der Waals surface area contributed by atoms with Crippen molar-refractivity contribution in [1.29, 1.82) is 0 Å². The number of ether oxygens (including phenoxy) is 2. The highest BCUT2D eigenvalue weighted by Gasteiger charge is 2.42. The first-order chi connectivity index (χ1) is 13.8. The Balaban J connectivity index is 1.74. The monoisotopic (exact) mass is 406 g/mol. The van der Waals surface area contributed by atoms with Gasteiger partial charge in [-0.3, -0.25) is 9.59 Å². The SMILES string of the molecule is CC[C@H](C)C(=O)O[C@H]1C[C@H](O)C=C2C=C[C@H](C)[C@H](CC[C@@H]3C[C@@H](O)CC(=O)O3)[C@H]21. The van der Waals surface area contributed by atoms with Crippen LogP contribution in [0.5, 0.6) is 0 Å². The number of esters is 2. The standard InChI is InChI=1S/C23H34O6/c1-4-13(2)23(27)29-20-11-16(24)9-15-6-5-14(3)19(22(15)20)8-7-18-10-17(25)12-21(26)28-18/h5-6,9,13-14,16-20,22,24-25H,4,7-8,10-12H2,1-3H3/t13-,14-,16+,17+,18+,19-,20-,22-/m0/s1. The number of fused-ring (bicyclic) bond motifs is 1. The summed E-state index contributed by atoms with van der Waals surface area (Å²) in [6.07, 6.45) is 7.31. The van der Waals surface area contributed by atoms with Crippen LogP contribution >= 0.6 is 0 Å². The minimum atomic E-state index is -0.630. The fourth-order valence-electron chi connectivity index (χ4n) is 4.84. The minimum absolute atomic E-state index is 0.0237. The van der Waals surface area contributed by atoms with Gasteiger partial charge in [-0.25, -0.2) is 0 Å². The molecule has 0 spiro atoms. The van der Waals surface area contributed by atoms with Crippen LogP contribution in [0.25, 0.3) is 0 Å². The Morgan fingerprint density at radius 3 is 2.76 bits per heavy atom. The molecule has 1 heterocycles. The van der Waals surface area contributed by atoms with Gasteiger partial charge in [-0.2, -0.15) is 0 Å². The molecule has 3 rings (SSSR count). The Bertz CT molecular complexity index is 668. The van der Waals surface area contributed by atoms with Gasteiger partial charge in [0, 0.05) is 18.8 Å². The lowest BCUT2D eigenvalue weighted by Gasteiger charge is -2.43. The molecule has 0 bridgehead atoms. The Morgan fingerprint density at radius 1 is 1.31 bits per heavy atom. The van der Waals surface area contributed by atoms with Crippen molar-refractivity contribution in [2.45, 2.75) is 83.7 Å². The number of aliphatic hydroxyl groups excluding tert-OH is 2. The zero-order chi connectivity index (χ0) is 21.1. The van der Waals surface area contributed by atoms with Gasteiger partial charge in [0.15, 0.2) is 0 Å². The zero-order valence-corrected chi connectivity index (χ0v) is 17.6. The first-order valence-corrected chi connectivity index (χ1v) is 10.9. The van der Waals surface area contributed by atoms with Crippen LogP contribution in [0.2, 0.25) is 0 Å². The molecule has 0 radical (unpaired) electrons. The molecule has 29 heavy (non-hydrogen) atoms. The van der Waals surface area contributed by atoms with E-state index in [9.17, 15) is 19.8 Å². The smallest absolute Gasteiger partial charge is 0.308 e. The summed E-state index contributed by atoms with van der Waals surface area (Å²) in [6.45, 7) is 5.97. The van der Waals surface area contributed by atoms with Gasteiger partial charge >= 0.3 is 11.9 Å². The third kappa shape index (κ3) is 5.28. The van der Waals surface area contributed by atoms with E-state index in [0.717, 1.165) is 18.4 Å². The first kappa shape index (κ1) is 22.0. The first-order valence-electron chi connectivity index (χ1n) is 10.9. The van der Waals surface area contributed by atoms with E-state index in [1.165, 1.54) is 0 Å². The highest BCUT2D eigenvalue weighted by atomic mass is 16.6. The largest absolute Gasteiger partial charge is 0.462 e. The van der Waals surface area contributed by atoms with Crippen molar-refractivity contribution in [1.82, 2.24) is 0 Å². The van der Waals surface area contributed by atoms with Gasteiger partial charge in [0.05, 0.1) is 24.5 Å². The maximum atomic E-state index is 12.5. The lowest BCUT2D eigenvalue weighted by Crippen LogP contribution is -2.43. The number of hydrogen-bond donors (Lipinski definition) is 2. The van der Waals surface area contributed by atoms with Crippen molar-refractivity contribution in [3.63, 3.8) is 0 Å². The van der Waals surface area contributed by atoms with Crippen LogP contribution in [0.15, 0.2) is 23.8 Å². The topological polar surface area (TPSA) is 93.1 Å². The van der Waals surface area contributed by atoms with E-state index < -0.39 is 12.2 Å². The third-order valence-corrected chi connectivity index (χ3v) is 6.71. The van der Waals surface area contributed by atoms with Gasteiger partial charge in [0.1, 0.15) is 12.2 Å². The number of carbonyl (C=O) groups is 2. The van der Waals surface area contributed by atoms with Crippen molar-refractivity contribution in [2.24, 2.45) is 23.7 Å². The summed E-state index contributed by atoms with van der Waals surface area (Å²) < 4.78 is 11.3. The zero-order valence-electron chi connectivity index (χ0n) is 17.6. The molecule has 6 heteroatoms. The molecule has 0 aromatic rings. The average molecular weight is 407 g/mol. The number of allylic oxidation sites excluding steroid dienone is 2. The molecule has 0 amide bonds. The summed E-state index contributed by atoms with van der Waals surface area (Å²) in [7, 11) is 0. The van der Waals surface area contributed by atoms with Crippen LogP contribution in [0, 0.1) is 23.7 Å². The summed E-state index contributed by atoms with van der Waals surface area (Å²) >= 11 is 0. The lowest BCUT2D eigenvalue weighted by molar-refractivity contribution is -0.162. The second-order valence-corrected chi connectivity index (χ2v) is 8.95. The maximum Gasteiger partial charge on any atom is 0.308 e. The van der Waals surface area contributed by atoms with E-state index in [0.29, 0.717) is 19.3 Å². The third-order valence-electron chi connectivity index (χ3n) is 6.71. The second-order valence-electron chi connectivity index (χ2n) is 8.95. The molecule has 0 saturated carbocycles. The van der Waals surface area contributed by atoms with Crippen molar-refractivity contribution in [2.75, 3.05) is 0 Å². The Kier molecular flexibility index (Phi) is 7.17. The van der Waals surface area contributed by atoms with Gasteiger partial charge in [-0.1, -0.05) is 39.0 Å². The van der Waals surface area contributed by atoms with Gasteiger partial charge < -0.3 is 19.7 Å².